The monoisotopic (exact) mass is 503 g/mol. The number of hydrogen-bond donors (Lipinski definition) is 1. The highest BCUT2D eigenvalue weighted by Crippen LogP contribution is 2.32. The molecule has 2 heterocycles. The number of carbonyl (C=O) groups excluding carboxylic acids is 1. The molecule has 3 rings (SSSR count). The smallest absolute Gasteiger partial charge is 0.264 e. The normalized spacial score (nSPS) is 11.7. The molecular weight excluding hydrogens is 477 g/mol. The molecule has 0 aliphatic carbocycles. The first-order chi connectivity index (χ1) is 16.7. The maximum atomic E-state index is 15.3. The van der Waals surface area contributed by atoms with Crippen LogP contribution in [0.3, 0.4) is 0 Å². The highest BCUT2D eigenvalue weighted by molar-refractivity contribution is 6.33. The summed E-state index contributed by atoms with van der Waals surface area (Å²) in [6, 6.07) is 4.25. The Hall–Kier alpha value is -3.50. The SMILES string of the molecule is CCN(C=O)/C(CO)=N\N(C)c1cc2c(C(C)C)cn(-c3nccc(OC)c3Cl)c(=O)c2cc1F. The number of hydrazone groups is 1. The molecule has 186 valence electrons. The minimum atomic E-state index is -0.704. The van der Waals surface area contributed by atoms with E-state index < -0.39 is 18.0 Å². The Morgan fingerprint density at radius 2 is 2.09 bits per heavy atom. The lowest BCUT2D eigenvalue weighted by Gasteiger charge is -2.22. The van der Waals surface area contributed by atoms with Gasteiger partial charge in [0.2, 0.25) is 6.41 Å². The molecule has 9 nitrogen and oxygen atoms in total. The van der Waals surface area contributed by atoms with Crippen LogP contribution in [0.1, 0.15) is 32.3 Å². The molecule has 0 saturated carbocycles. The number of hydrogen-bond acceptors (Lipinski definition) is 7. The Labute approximate surface area is 207 Å². The molecule has 35 heavy (non-hydrogen) atoms. The lowest BCUT2D eigenvalue weighted by Crippen LogP contribution is -2.34. The summed E-state index contributed by atoms with van der Waals surface area (Å²) in [5.41, 5.74) is 0.323. The number of pyridine rings is 2. The summed E-state index contributed by atoms with van der Waals surface area (Å²) in [6.07, 6.45) is 3.65. The van der Waals surface area contributed by atoms with E-state index in [2.05, 4.69) is 10.1 Å². The molecule has 0 bridgehead atoms. The molecule has 1 aromatic carbocycles. The van der Waals surface area contributed by atoms with Crippen molar-refractivity contribution in [1.29, 1.82) is 0 Å². The highest BCUT2D eigenvalue weighted by atomic mass is 35.5. The molecule has 0 unspecified atom stereocenters. The zero-order chi connectivity index (χ0) is 25.9. The first-order valence-electron chi connectivity index (χ1n) is 10.9. The van der Waals surface area contributed by atoms with E-state index in [-0.39, 0.29) is 40.2 Å². The van der Waals surface area contributed by atoms with E-state index in [4.69, 9.17) is 16.3 Å². The van der Waals surface area contributed by atoms with E-state index >= 15 is 4.39 Å². The fourth-order valence-corrected chi connectivity index (χ4v) is 3.99. The Morgan fingerprint density at radius 3 is 2.66 bits per heavy atom. The van der Waals surface area contributed by atoms with Gasteiger partial charge < -0.3 is 9.84 Å². The van der Waals surface area contributed by atoms with Crippen LogP contribution in [-0.4, -0.2) is 59.1 Å². The van der Waals surface area contributed by atoms with Gasteiger partial charge in [-0.25, -0.2) is 9.37 Å². The van der Waals surface area contributed by atoms with Crippen LogP contribution in [-0.2, 0) is 4.79 Å². The van der Waals surface area contributed by atoms with Crippen LogP contribution in [0.2, 0.25) is 5.02 Å². The maximum absolute atomic E-state index is 15.3. The molecule has 2 aromatic heterocycles. The Bertz CT molecular complexity index is 1340. The predicted molar refractivity (Wildman–Crippen MR) is 134 cm³/mol. The van der Waals surface area contributed by atoms with Crippen LogP contribution in [0.25, 0.3) is 16.6 Å². The van der Waals surface area contributed by atoms with Crippen molar-refractivity contribution in [3.8, 4) is 11.6 Å². The lowest BCUT2D eigenvalue weighted by atomic mass is 9.97. The van der Waals surface area contributed by atoms with Crippen molar-refractivity contribution in [2.45, 2.75) is 26.7 Å². The van der Waals surface area contributed by atoms with Crippen molar-refractivity contribution < 1.29 is 19.0 Å². The topological polar surface area (TPSA) is 100 Å². The number of benzene rings is 1. The molecular formula is C24H27ClFN5O4. The summed E-state index contributed by atoms with van der Waals surface area (Å²) < 4.78 is 21.8. The van der Waals surface area contributed by atoms with Gasteiger partial charge in [-0.05, 0) is 35.9 Å². The molecule has 0 radical (unpaired) electrons. The third-order valence-corrected chi connectivity index (χ3v) is 5.93. The van der Waals surface area contributed by atoms with E-state index in [1.54, 1.807) is 19.2 Å². The molecule has 0 spiro atoms. The number of aliphatic hydroxyl groups excluding tert-OH is 1. The Kier molecular flexibility index (Phi) is 8.08. The number of amidine groups is 1. The van der Waals surface area contributed by atoms with Gasteiger partial charge >= 0.3 is 0 Å². The summed E-state index contributed by atoms with van der Waals surface area (Å²) in [6.45, 7) is 5.39. The van der Waals surface area contributed by atoms with E-state index in [9.17, 15) is 14.7 Å². The molecule has 0 saturated heterocycles. The number of aromatic nitrogens is 2. The average Bonchev–Trinajstić information content (AvgIpc) is 2.84. The van der Waals surface area contributed by atoms with Gasteiger partial charge in [0.15, 0.2) is 11.7 Å². The van der Waals surface area contributed by atoms with Crippen molar-refractivity contribution in [1.82, 2.24) is 14.5 Å². The number of halogens is 2. The van der Waals surface area contributed by atoms with Gasteiger partial charge in [0.25, 0.3) is 5.56 Å². The minimum Gasteiger partial charge on any atom is -0.495 e. The summed E-state index contributed by atoms with van der Waals surface area (Å²) in [4.78, 5) is 30.1. The predicted octanol–water partition coefficient (Wildman–Crippen LogP) is 3.53. The van der Waals surface area contributed by atoms with Gasteiger partial charge in [0.1, 0.15) is 23.2 Å². The van der Waals surface area contributed by atoms with Crippen molar-refractivity contribution in [3.63, 3.8) is 0 Å². The Balaban J connectivity index is 2.26. The number of likely N-dealkylation sites (N-methyl/N-ethyl adjacent to an activating group) is 1. The van der Waals surface area contributed by atoms with Gasteiger partial charge in [-0.3, -0.25) is 24.1 Å². The molecule has 0 atom stereocenters. The van der Waals surface area contributed by atoms with Crippen LogP contribution < -0.4 is 15.3 Å². The van der Waals surface area contributed by atoms with Crippen LogP contribution >= 0.6 is 11.6 Å². The number of nitrogens with zero attached hydrogens (tertiary/aromatic N) is 5. The van der Waals surface area contributed by atoms with E-state index in [1.807, 2.05) is 13.8 Å². The second-order valence-electron chi connectivity index (χ2n) is 8.00. The third-order valence-electron chi connectivity index (χ3n) is 5.58. The highest BCUT2D eigenvalue weighted by Gasteiger charge is 2.20. The summed E-state index contributed by atoms with van der Waals surface area (Å²) in [7, 11) is 2.95. The molecule has 1 N–H and O–H groups in total. The van der Waals surface area contributed by atoms with Crippen LogP contribution in [0.15, 0.2) is 40.5 Å². The zero-order valence-electron chi connectivity index (χ0n) is 20.1. The van der Waals surface area contributed by atoms with Crippen LogP contribution in [0.5, 0.6) is 5.75 Å². The summed E-state index contributed by atoms with van der Waals surface area (Å²) in [5, 5.41) is 15.9. The van der Waals surface area contributed by atoms with Gasteiger partial charge in [0.05, 0.1) is 18.2 Å². The van der Waals surface area contributed by atoms with Gasteiger partial charge in [-0.15, -0.1) is 0 Å². The quantitative estimate of drug-likeness (QED) is 0.218. The summed E-state index contributed by atoms with van der Waals surface area (Å²) >= 11 is 6.42. The number of carbonyl (C=O) groups is 1. The standard InChI is InChI=1S/C24H27ClFN5O4/c1-6-30(13-33)21(12-32)28-29(4)19-10-15-16(9-18(19)26)24(34)31(11-17(15)14(2)3)23-22(25)20(35-5)7-8-27-23/h7-11,13-14,32H,6,12H2,1-5H3/b28-21-. The van der Waals surface area contributed by atoms with E-state index in [1.165, 1.54) is 40.9 Å². The van der Waals surface area contributed by atoms with Gasteiger partial charge in [-0.2, -0.15) is 5.10 Å². The molecule has 0 aliphatic rings. The number of rotatable bonds is 8. The van der Waals surface area contributed by atoms with E-state index in [0.29, 0.717) is 17.5 Å². The number of anilines is 1. The number of aliphatic hydroxyl groups is 1. The molecule has 11 heteroatoms. The number of methoxy groups -OCH3 is 1. The molecule has 0 aliphatic heterocycles. The molecule has 0 fully saturated rings. The van der Waals surface area contributed by atoms with Crippen molar-refractivity contribution in [2.75, 3.05) is 32.3 Å². The van der Waals surface area contributed by atoms with Crippen molar-refractivity contribution in [3.05, 3.63) is 57.3 Å². The Morgan fingerprint density at radius 1 is 1.37 bits per heavy atom. The van der Waals surface area contributed by atoms with Gasteiger partial charge in [0, 0.05) is 32.1 Å². The first-order valence-corrected chi connectivity index (χ1v) is 11.3. The number of ether oxygens (including phenoxy) is 1. The minimum absolute atomic E-state index is 0.0421. The fourth-order valence-electron chi connectivity index (χ4n) is 3.71. The third kappa shape index (κ3) is 4.98. The zero-order valence-corrected chi connectivity index (χ0v) is 20.9. The van der Waals surface area contributed by atoms with Crippen molar-refractivity contribution in [2.24, 2.45) is 5.10 Å². The largest absolute Gasteiger partial charge is 0.495 e. The van der Waals surface area contributed by atoms with Crippen LogP contribution in [0.4, 0.5) is 10.1 Å². The van der Waals surface area contributed by atoms with Crippen molar-refractivity contribution >= 4 is 40.3 Å². The maximum Gasteiger partial charge on any atom is 0.264 e. The average molecular weight is 504 g/mol. The fraction of sp³-hybridized carbons (Fsp3) is 0.333. The second kappa shape index (κ2) is 10.8. The molecule has 1 amide bonds. The van der Waals surface area contributed by atoms with Crippen LogP contribution in [0, 0.1) is 5.82 Å². The van der Waals surface area contributed by atoms with E-state index in [0.717, 1.165) is 11.6 Å². The first kappa shape index (κ1) is 26.1. The summed E-state index contributed by atoms with van der Waals surface area (Å²) in [5.74, 6) is -0.161. The van der Waals surface area contributed by atoms with Gasteiger partial charge in [-0.1, -0.05) is 25.4 Å². The molecule has 3 aromatic rings. The number of amides is 1. The number of fused-ring (bicyclic) bond motifs is 1. The second-order valence-corrected chi connectivity index (χ2v) is 8.38. The lowest BCUT2D eigenvalue weighted by molar-refractivity contribution is -0.114.